The number of esters is 1. The summed E-state index contributed by atoms with van der Waals surface area (Å²) in [5.74, 6) is -0.193. The van der Waals surface area contributed by atoms with E-state index in [0.29, 0.717) is 12.8 Å². The van der Waals surface area contributed by atoms with Crippen LogP contribution in [-0.4, -0.2) is 18.1 Å². The number of thiazole rings is 1. The van der Waals surface area contributed by atoms with Gasteiger partial charge in [0.15, 0.2) is 0 Å². The zero-order valence-corrected chi connectivity index (χ0v) is 12.2. The molecule has 100 valence electrons. The molecular formula is C15H17NO2S. The van der Waals surface area contributed by atoms with Gasteiger partial charge in [-0.15, -0.1) is 11.3 Å². The van der Waals surface area contributed by atoms with Gasteiger partial charge in [0.05, 0.1) is 19.2 Å². The molecule has 4 heteroatoms. The number of carbonyl (C=O) groups is 1. The topological polar surface area (TPSA) is 39.2 Å². The average Bonchev–Trinajstić information content (AvgIpc) is 2.87. The SMILES string of the molecule is COC(=O)CCc1csc(-c2cccc(C)c2C)n1. The van der Waals surface area contributed by atoms with Gasteiger partial charge >= 0.3 is 5.97 Å². The number of hydrogen-bond acceptors (Lipinski definition) is 4. The number of benzene rings is 1. The monoisotopic (exact) mass is 275 g/mol. The molecule has 2 rings (SSSR count). The second kappa shape index (κ2) is 5.97. The lowest BCUT2D eigenvalue weighted by molar-refractivity contribution is -0.140. The largest absolute Gasteiger partial charge is 0.469 e. The van der Waals surface area contributed by atoms with Crippen LogP contribution in [0.15, 0.2) is 23.6 Å². The molecule has 0 saturated heterocycles. The number of carbonyl (C=O) groups excluding carboxylic acids is 1. The van der Waals surface area contributed by atoms with Crippen molar-refractivity contribution in [3.05, 3.63) is 40.4 Å². The van der Waals surface area contributed by atoms with Crippen LogP contribution in [0, 0.1) is 13.8 Å². The van der Waals surface area contributed by atoms with Gasteiger partial charge in [-0.05, 0) is 25.0 Å². The summed E-state index contributed by atoms with van der Waals surface area (Å²) >= 11 is 1.62. The van der Waals surface area contributed by atoms with Gasteiger partial charge < -0.3 is 4.74 Å². The van der Waals surface area contributed by atoms with Crippen LogP contribution < -0.4 is 0 Å². The minimum atomic E-state index is -0.193. The highest BCUT2D eigenvalue weighted by atomic mass is 32.1. The zero-order valence-electron chi connectivity index (χ0n) is 11.4. The molecule has 1 aromatic heterocycles. The van der Waals surface area contributed by atoms with Gasteiger partial charge in [0, 0.05) is 17.4 Å². The van der Waals surface area contributed by atoms with Crippen molar-refractivity contribution >= 4 is 17.3 Å². The third-order valence-electron chi connectivity index (χ3n) is 3.20. The summed E-state index contributed by atoms with van der Waals surface area (Å²) in [7, 11) is 1.41. The standard InChI is InChI=1S/C15H17NO2S/c1-10-5-4-6-13(11(10)2)15-16-12(9-19-15)7-8-14(17)18-3/h4-6,9H,7-8H2,1-3H3. The molecule has 0 aliphatic rings. The van der Waals surface area contributed by atoms with Crippen LogP contribution in [0.4, 0.5) is 0 Å². The van der Waals surface area contributed by atoms with Gasteiger partial charge in [-0.2, -0.15) is 0 Å². The Bertz CT molecular complexity index is 590. The predicted octanol–water partition coefficient (Wildman–Crippen LogP) is 3.53. The highest BCUT2D eigenvalue weighted by Crippen LogP contribution is 2.28. The molecule has 0 unspecified atom stereocenters. The first-order chi connectivity index (χ1) is 9.11. The van der Waals surface area contributed by atoms with Crippen molar-refractivity contribution in [2.45, 2.75) is 26.7 Å². The summed E-state index contributed by atoms with van der Waals surface area (Å²) in [5, 5.41) is 3.03. The van der Waals surface area contributed by atoms with Crippen LogP contribution in [0.5, 0.6) is 0 Å². The van der Waals surface area contributed by atoms with E-state index >= 15 is 0 Å². The second-order valence-electron chi connectivity index (χ2n) is 4.47. The maximum absolute atomic E-state index is 11.1. The van der Waals surface area contributed by atoms with Crippen LogP contribution in [0.25, 0.3) is 10.6 Å². The number of aromatic nitrogens is 1. The minimum absolute atomic E-state index is 0.193. The lowest BCUT2D eigenvalue weighted by Gasteiger charge is -2.05. The van der Waals surface area contributed by atoms with Crippen LogP contribution in [0.3, 0.4) is 0 Å². The predicted molar refractivity (Wildman–Crippen MR) is 77.4 cm³/mol. The number of nitrogens with zero attached hydrogens (tertiary/aromatic N) is 1. The van der Waals surface area contributed by atoms with Crippen LogP contribution in [0.1, 0.15) is 23.2 Å². The maximum atomic E-state index is 11.1. The number of methoxy groups -OCH3 is 1. The van der Waals surface area contributed by atoms with Gasteiger partial charge in [0.1, 0.15) is 5.01 Å². The quantitative estimate of drug-likeness (QED) is 0.801. The molecule has 1 aromatic carbocycles. The van der Waals surface area contributed by atoms with Gasteiger partial charge in [-0.1, -0.05) is 18.2 Å². The average molecular weight is 275 g/mol. The molecule has 2 aromatic rings. The zero-order chi connectivity index (χ0) is 13.8. The molecule has 0 fully saturated rings. The van der Waals surface area contributed by atoms with E-state index in [0.717, 1.165) is 10.7 Å². The van der Waals surface area contributed by atoms with Crippen molar-refractivity contribution in [1.29, 1.82) is 0 Å². The normalized spacial score (nSPS) is 10.5. The fourth-order valence-electron chi connectivity index (χ4n) is 1.86. The van der Waals surface area contributed by atoms with E-state index < -0.39 is 0 Å². The Morgan fingerprint density at radius 2 is 2.16 bits per heavy atom. The number of aryl methyl sites for hydroxylation is 2. The third kappa shape index (κ3) is 3.20. The van der Waals surface area contributed by atoms with E-state index in [1.807, 2.05) is 11.4 Å². The number of ether oxygens (including phenoxy) is 1. The van der Waals surface area contributed by atoms with Gasteiger partial charge in [0.25, 0.3) is 0 Å². The van der Waals surface area contributed by atoms with Gasteiger partial charge in [-0.25, -0.2) is 4.98 Å². The van der Waals surface area contributed by atoms with Crippen molar-refractivity contribution in [2.75, 3.05) is 7.11 Å². The molecule has 0 atom stereocenters. The lowest BCUT2D eigenvalue weighted by atomic mass is 10.0. The fourth-order valence-corrected chi connectivity index (χ4v) is 2.80. The highest BCUT2D eigenvalue weighted by Gasteiger charge is 2.09. The molecule has 3 nitrogen and oxygen atoms in total. The van der Waals surface area contributed by atoms with Crippen molar-refractivity contribution in [3.8, 4) is 10.6 Å². The second-order valence-corrected chi connectivity index (χ2v) is 5.33. The Labute approximate surface area is 117 Å². The first kappa shape index (κ1) is 13.7. The third-order valence-corrected chi connectivity index (χ3v) is 4.12. The van der Waals surface area contributed by atoms with E-state index in [9.17, 15) is 4.79 Å². The Balaban J connectivity index is 2.17. The summed E-state index contributed by atoms with van der Waals surface area (Å²) in [6, 6.07) is 6.24. The van der Waals surface area contributed by atoms with Crippen LogP contribution in [-0.2, 0) is 16.0 Å². The molecule has 0 amide bonds. The first-order valence-corrected chi connectivity index (χ1v) is 7.07. The molecule has 0 aliphatic carbocycles. The van der Waals surface area contributed by atoms with Crippen molar-refractivity contribution in [2.24, 2.45) is 0 Å². The summed E-state index contributed by atoms with van der Waals surface area (Å²) in [6.45, 7) is 4.21. The Morgan fingerprint density at radius 1 is 1.37 bits per heavy atom. The van der Waals surface area contributed by atoms with E-state index in [4.69, 9.17) is 0 Å². The van der Waals surface area contributed by atoms with Crippen LogP contribution >= 0.6 is 11.3 Å². The molecule has 0 N–H and O–H groups in total. The van der Waals surface area contributed by atoms with Gasteiger partial charge in [0.2, 0.25) is 0 Å². The van der Waals surface area contributed by atoms with Crippen molar-refractivity contribution in [3.63, 3.8) is 0 Å². The van der Waals surface area contributed by atoms with Crippen LogP contribution in [0.2, 0.25) is 0 Å². The fraction of sp³-hybridized carbons (Fsp3) is 0.333. The summed E-state index contributed by atoms with van der Waals surface area (Å²) in [5.41, 5.74) is 4.65. The first-order valence-electron chi connectivity index (χ1n) is 6.19. The van der Waals surface area contributed by atoms with E-state index in [1.54, 1.807) is 11.3 Å². The Kier molecular flexibility index (Phi) is 4.32. The summed E-state index contributed by atoms with van der Waals surface area (Å²) < 4.78 is 4.63. The minimum Gasteiger partial charge on any atom is -0.469 e. The smallest absolute Gasteiger partial charge is 0.305 e. The molecule has 0 aliphatic heterocycles. The molecule has 0 radical (unpaired) electrons. The van der Waals surface area contributed by atoms with Crippen molar-refractivity contribution < 1.29 is 9.53 Å². The molecule has 0 saturated carbocycles. The van der Waals surface area contributed by atoms with E-state index in [1.165, 1.54) is 23.8 Å². The molecule has 19 heavy (non-hydrogen) atoms. The molecule has 1 heterocycles. The lowest BCUT2D eigenvalue weighted by Crippen LogP contribution is -2.01. The van der Waals surface area contributed by atoms with E-state index in [-0.39, 0.29) is 5.97 Å². The Hall–Kier alpha value is -1.68. The maximum Gasteiger partial charge on any atom is 0.305 e. The number of hydrogen-bond donors (Lipinski definition) is 0. The van der Waals surface area contributed by atoms with E-state index in [2.05, 4.69) is 35.7 Å². The summed E-state index contributed by atoms with van der Waals surface area (Å²) in [6.07, 6.45) is 1.01. The van der Waals surface area contributed by atoms with Crippen molar-refractivity contribution in [1.82, 2.24) is 4.98 Å². The summed E-state index contributed by atoms with van der Waals surface area (Å²) in [4.78, 5) is 15.7. The highest BCUT2D eigenvalue weighted by molar-refractivity contribution is 7.13. The van der Waals surface area contributed by atoms with Gasteiger partial charge in [-0.3, -0.25) is 4.79 Å². The Morgan fingerprint density at radius 3 is 2.89 bits per heavy atom. The number of rotatable bonds is 4. The molecular weight excluding hydrogens is 258 g/mol. The molecule has 0 bridgehead atoms. The molecule has 0 spiro atoms.